The van der Waals surface area contributed by atoms with Gasteiger partial charge in [-0.3, -0.25) is 9.69 Å². The van der Waals surface area contributed by atoms with Gasteiger partial charge in [-0.15, -0.1) is 0 Å². The lowest BCUT2D eigenvalue weighted by atomic mass is 9.94. The van der Waals surface area contributed by atoms with E-state index in [1.807, 2.05) is 0 Å². The fourth-order valence-electron chi connectivity index (χ4n) is 2.17. The van der Waals surface area contributed by atoms with Crippen molar-refractivity contribution in [3.05, 3.63) is 0 Å². The molecule has 1 aliphatic heterocycles. The summed E-state index contributed by atoms with van der Waals surface area (Å²) < 4.78 is 0. The Morgan fingerprint density at radius 1 is 1.56 bits per heavy atom. The number of carboxylic acids is 1. The molecule has 0 bridgehead atoms. The van der Waals surface area contributed by atoms with Crippen LogP contribution in [0.15, 0.2) is 0 Å². The van der Waals surface area contributed by atoms with Crippen LogP contribution in [-0.4, -0.2) is 48.2 Å². The van der Waals surface area contributed by atoms with Gasteiger partial charge >= 0.3 is 5.97 Å². The third-order valence-corrected chi connectivity index (χ3v) is 3.43. The maximum Gasteiger partial charge on any atom is 0.310 e. The number of hydrogen-bond donors (Lipinski definition) is 2. The Hall–Kier alpha value is -0.610. The summed E-state index contributed by atoms with van der Waals surface area (Å²) in [7, 11) is 0. The molecule has 16 heavy (non-hydrogen) atoms. The molecular weight excluding hydrogens is 204 g/mol. The van der Waals surface area contributed by atoms with E-state index in [0.717, 1.165) is 13.1 Å². The molecule has 1 atom stereocenters. The highest BCUT2D eigenvalue weighted by molar-refractivity contribution is 5.73. The first kappa shape index (κ1) is 13.5. The van der Waals surface area contributed by atoms with E-state index in [0.29, 0.717) is 12.6 Å². The fourth-order valence-corrected chi connectivity index (χ4v) is 2.17. The van der Waals surface area contributed by atoms with E-state index in [2.05, 4.69) is 17.1 Å². The Morgan fingerprint density at radius 3 is 2.81 bits per heavy atom. The third-order valence-electron chi connectivity index (χ3n) is 3.43. The van der Waals surface area contributed by atoms with Crippen LogP contribution in [0, 0.1) is 5.41 Å². The number of likely N-dealkylation sites (N-methyl/N-ethyl adjacent to an activating group) is 1. The van der Waals surface area contributed by atoms with Gasteiger partial charge in [-0.1, -0.05) is 6.92 Å². The van der Waals surface area contributed by atoms with Crippen LogP contribution < -0.4 is 5.32 Å². The normalized spacial score (nSPS) is 22.6. The quantitative estimate of drug-likeness (QED) is 0.716. The molecule has 0 aromatic carbocycles. The molecule has 94 valence electrons. The van der Waals surface area contributed by atoms with Crippen LogP contribution >= 0.6 is 0 Å². The van der Waals surface area contributed by atoms with Crippen molar-refractivity contribution in [2.75, 3.05) is 26.2 Å². The Labute approximate surface area is 98.0 Å². The lowest BCUT2D eigenvalue weighted by Crippen LogP contribution is -2.42. The Bertz CT molecular complexity index is 241. The number of likely N-dealkylation sites (tertiary alicyclic amines) is 1. The first-order valence-electron chi connectivity index (χ1n) is 6.15. The molecule has 1 rings (SSSR count). The van der Waals surface area contributed by atoms with Crippen LogP contribution in [0.25, 0.3) is 0 Å². The summed E-state index contributed by atoms with van der Waals surface area (Å²) in [6, 6.07) is 0.592. The van der Waals surface area contributed by atoms with Crippen molar-refractivity contribution in [1.29, 1.82) is 0 Å². The van der Waals surface area contributed by atoms with Crippen molar-refractivity contribution in [1.82, 2.24) is 10.2 Å². The Balaban J connectivity index is 2.27. The molecule has 0 aromatic heterocycles. The van der Waals surface area contributed by atoms with E-state index < -0.39 is 11.4 Å². The summed E-state index contributed by atoms with van der Waals surface area (Å²) in [6.45, 7) is 9.42. The molecule has 0 amide bonds. The molecule has 0 aromatic rings. The van der Waals surface area contributed by atoms with E-state index in [-0.39, 0.29) is 0 Å². The Morgan fingerprint density at radius 2 is 2.25 bits per heavy atom. The van der Waals surface area contributed by atoms with Crippen LogP contribution in [0.5, 0.6) is 0 Å². The average molecular weight is 228 g/mol. The minimum absolute atomic E-state index is 0.538. The zero-order valence-corrected chi connectivity index (χ0v) is 10.6. The second-order valence-corrected chi connectivity index (χ2v) is 5.24. The summed E-state index contributed by atoms with van der Waals surface area (Å²) >= 11 is 0. The van der Waals surface area contributed by atoms with Crippen LogP contribution in [0.2, 0.25) is 0 Å². The molecule has 0 spiro atoms. The summed E-state index contributed by atoms with van der Waals surface area (Å²) in [5.41, 5.74) is -0.671. The standard InChI is InChI=1S/C12H24N2O2/c1-4-14-7-5-6-10(14)8-13-9-12(2,3)11(15)16/h10,13H,4-9H2,1-3H3,(H,15,16). The highest BCUT2D eigenvalue weighted by atomic mass is 16.4. The van der Waals surface area contributed by atoms with Gasteiger partial charge < -0.3 is 10.4 Å². The molecular formula is C12H24N2O2. The molecule has 2 N–H and O–H groups in total. The van der Waals surface area contributed by atoms with Gasteiger partial charge in [0.1, 0.15) is 0 Å². The van der Waals surface area contributed by atoms with Crippen molar-refractivity contribution in [2.24, 2.45) is 5.41 Å². The number of nitrogens with one attached hydrogen (secondary N) is 1. The van der Waals surface area contributed by atoms with E-state index >= 15 is 0 Å². The SMILES string of the molecule is CCN1CCCC1CNCC(C)(C)C(=O)O. The van der Waals surface area contributed by atoms with E-state index in [4.69, 9.17) is 5.11 Å². The van der Waals surface area contributed by atoms with Crippen molar-refractivity contribution in [2.45, 2.75) is 39.7 Å². The van der Waals surface area contributed by atoms with Crippen molar-refractivity contribution < 1.29 is 9.90 Å². The number of carbonyl (C=O) groups is 1. The summed E-state index contributed by atoms with van der Waals surface area (Å²) in [5, 5.41) is 12.3. The molecule has 4 heteroatoms. The van der Waals surface area contributed by atoms with Gasteiger partial charge in [0.25, 0.3) is 0 Å². The van der Waals surface area contributed by atoms with Gasteiger partial charge in [-0.2, -0.15) is 0 Å². The number of aliphatic carboxylic acids is 1. The van der Waals surface area contributed by atoms with Gasteiger partial charge in [0.15, 0.2) is 0 Å². The molecule has 0 saturated carbocycles. The first-order valence-corrected chi connectivity index (χ1v) is 6.15. The maximum atomic E-state index is 10.9. The molecule has 0 aliphatic carbocycles. The maximum absolute atomic E-state index is 10.9. The zero-order valence-electron chi connectivity index (χ0n) is 10.6. The molecule has 1 unspecified atom stereocenters. The highest BCUT2D eigenvalue weighted by Crippen LogP contribution is 2.17. The fraction of sp³-hybridized carbons (Fsp3) is 0.917. The number of nitrogens with zero attached hydrogens (tertiary/aromatic N) is 1. The number of rotatable bonds is 6. The van der Waals surface area contributed by atoms with Crippen LogP contribution in [0.1, 0.15) is 33.6 Å². The molecule has 4 nitrogen and oxygen atoms in total. The highest BCUT2D eigenvalue weighted by Gasteiger charge is 2.28. The van der Waals surface area contributed by atoms with Gasteiger partial charge in [0, 0.05) is 19.1 Å². The predicted octanol–water partition coefficient (Wildman–Crippen LogP) is 1.17. The molecule has 0 radical (unpaired) electrons. The summed E-state index contributed by atoms with van der Waals surface area (Å²) in [5.74, 6) is -0.737. The van der Waals surface area contributed by atoms with Crippen LogP contribution in [0.3, 0.4) is 0 Å². The molecule has 1 heterocycles. The largest absolute Gasteiger partial charge is 0.481 e. The lowest BCUT2D eigenvalue weighted by Gasteiger charge is -2.25. The molecule has 1 fully saturated rings. The zero-order chi connectivity index (χ0) is 12.2. The van der Waals surface area contributed by atoms with Gasteiger partial charge in [0.2, 0.25) is 0 Å². The number of carboxylic acid groups (broad SMARTS) is 1. The third kappa shape index (κ3) is 3.46. The van der Waals surface area contributed by atoms with E-state index in [1.54, 1.807) is 13.8 Å². The second-order valence-electron chi connectivity index (χ2n) is 5.24. The summed E-state index contributed by atoms with van der Waals surface area (Å²) in [6.07, 6.45) is 2.50. The van der Waals surface area contributed by atoms with Gasteiger partial charge in [-0.05, 0) is 39.8 Å². The van der Waals surface area contributed by atoms with Crippen molar-refractivity contribution >= 4 is 5.97 Å². The van der Waals surface area contributed by atoms with Gasteiger partial charge in [-0.25, -0.2) is 0 Å². The van der Waals surface area contributed by atoms with Crippen molar-refractivity contribution in [3.8, 4) is 0 Å². The van der Waals surface area contributed by atoms with E-state index in [9.17, 15) is 4.79 Å². The average Bonchev–Trinajstić information content (AvgIpc) is 2.64. The first-order chi connectivity index (χ1) is 7.47. The topological polar surface area (TPSA) is 52.6 Å². The van der Waals surface area contributed by atoms with E-state index in [1.165, 1.54) is 19.4 Å². The second kappa shape index (κ2) is 5.64. The van der Waals surface area contributed by atoms with Gasteiger partial charge in [0.05, 0.1) is 5.41 Å². The monoisotopic (exact) mass is 228 g/mol. The molecule has 1 saturated heterocycles. The Kier molecular flexibility index (Phi) is 4.74. The summed E-state index contributed by atoms with van der Waals surface area (Å²) in [4.78, 5) is 13.4. The lowest BCUT2D eigenvalue weighted by molar-refractivity contribution is -0.146. The minimum atomic E-state index is -0.737. The van der Waals surface area contributed by atoms with Crippen LogP contribution in [-0.2, 0) is 4.79 Å². The predicted molar refractivity (Wildman–Crippen MR) is 64.6 cm³/mol. The number of hydrogen-bond acceptors (Lipinski definition) is 3. The van der Waals surface area contributed by atoms with Crippen molar-refractivity contribution in [3.63, 3.8) is 0 Å². The molecule has 1 aliphatic rings. The smallest absolute Gasteiger partial charge is 0.310 e. The van der Waals surface area contributed by atoms with Crippen LogP contribution in [0.4, 0.5) is 0 Å². The minimum Gasteiger partial charge on any atom is -0.481 e.